The SMILES string of the molecule is CCCCc1nc(CSc2nnc3n(-c4ccc(C)cc4C)c(=O)c4ccccc4n23)no1. The quantitative estimate of drug-likeness (QED) is 0.326. The fourth-order valence-corrected chi connectivity index (χ4v) is 4.74. The molecule has 0 radical (unpaired) electrons. The van der Waals surface area contributed by atoms with Crippen molar-refractivity contribution in [2.45, 2.75) is 50.9 Å². The number of nitrogens with zero attached hydrogens (tertiary/aromatic N) is 6. The van der Waals surface area contributed by atoms with Crippen molar-refractivity contribution >= 4 is 28.4 Å². The number of para-hydroxylation sites is 1. The Kier molecular flexibility index (Phi) is 5.72. The van der Waals surface area contributed by atoms with Crippen LogP contribution in [0.2, 0.25) is 0 Å². The van der Waals surface area contributed by atoms with Crippen LogP contribution in [0.15, 0.2) is 56.9 Å². The van der Waals surface area contributed by atoms with Gasteiger partial charge in [0.25, 0.3) is 5.56 Å². The molecule has 0 unspecified atom stereocenters. The van der Waals surface area contributed by atoms with Crippen molar-refractivity contribution in [1.82, 2.24) is 29.3 Å². The number of aryl methyl sites for hydroxylation is 3. The number of hydrogen-bond acceptors (Lipinski definition) is 7. The minimum Gasteiger partial charge on any atom is -0.339 e. The zero-order valence-electron chi connectivity index (χ0n) is 18.8. The van der Waals surface area contributed by atoms with E-state index >= 15 is 0 Å². The molecule has 0 N–H and O–H groups in total. The minimum atomic E-state index is -0.118. The van der Waals surface area contributed by atoms with Gasteiger partial charge in [0.1, 0.15) is 0 Å². The average Bonchev–Trinajstić information content (AvgIpc) is 3.44. The van der Waals surface area contributed by atoms with E-state index in [1.165, 1.54) is 11.8 Å². The lowest BCUT2D eigenvalue weighted by Crippen LogP contribution is -2.22. The van der Waals surface area contributed by atoms with Crippen molar-refractivity contribution in [3.63, 3.8) is 0 Å². The van der Waals surface area contributed by atoms with E-state index in [2.05, 4.69) is 33.3 Å². The van der Waals surface area contributed by atoms with Gasteiger partial charge < -0.3 is 4.52 Å². The first-order valence-electron chi connectivity index (χ1n) is 11.0. The minimum absolute atomic E-state index is 0.118. The predicted octanol–water partition coefficient (Wildman–Crippen LogP) is 4.67. The first-order chi connectivity index (χ1) is 16.1. The molecule has 0 spiro atoms. The van der Waals surface area contributed by atoms with Crippen LogP contribution in [0.25, 0.3) is 22.4 Å². The normalized spacial score (nSPS) is 11.6. The Labute approximate surface area is 194 Å². The highest BCUT2D eigenvalue weighted by molar-refractivity contribution is 7.98. The second-order valence-electron chi connectivity index (χ2n) is 8.06. The molecule has 0 aliphatic heterocycles. The van der Waals surface area contributed by atoms with Crippen LogP contribution in [0.1, 0.15) is 42.6 Å². The molecule has 0 saturated heterocycles. The summed E-state index contributed by atoms with van der Waals surface area (Å²) in [5, 5.41) is 14.2. The topological polar surface area (TPSA) is 91.1 Å². The van der Waals surface area contributed by atoms with Crippen molar-refractivity contribution in [1.29, 1.82) is 0 Å². The Bertz CT molecular complexity index is 1520. The molecule has 3 heterocycles. The Hall–Kier alpha value is -3.46. The van der Waals surface area contributed by atoms with E-state index in [1.54, 1.807) is 4.57 Å². The van der Waals surface area contributed by atoms with Crippen LogP contribution in [0.5, 0.6) is 0 Å². The number of hydrogen-bond donors (Lipinski definition) is 0. The molecule has 33 heavy (non-hydrogen) atoms. The van der Waals surface area contributed by atoms with Crippen LogP contribution in [0, 0.1) is 13.8 Å². The molecular formula is C24H24N6O2S. The van der Waals surface area contributed by atoms with Gasteiger partial charge in [-0.2, -0.15) is 4.98 Å². The molecule has 2 aromatic carbocycles. The summed E-state index contributed by atoms with van der Waals surface area (Å²) in [4.78, 5) is 18.0. The molecule has 168 valence electrons. The van der Waals surface area contributed by atoms with Crippen molar-refractivity contribution in [2.24, 2.45) is 0 Å². The molecule has 8 nitrogen and oxygen atoms in total. The first-order valence-corrected chi connectivity index (χ1v) is 12.0. The van der Waals surface area contributed by atoms with Crippen LogP contribution in [0.4, 0.5) is 0 Å². The molecule has 9 heteroatoms. The Morgan fingerprint density at radius 3 is 2.76 bits per heavy atom. The number of unbranched alkanes of at least 4 members (excludes halogenated alkanes) is 1. The van der Waals surface area contributed by atoms with Crippen LogP contribution in [0.3, 0.4) is 0 Å². The average molecular weight is 461 g/mol. The highest BCUT2D eigenvalue weighted by Gasteiger charge is 2.19. The smallest absolute Gasteiger partial charge is 0.267 e. The van der Waals surface area contributed by atoms with Gasteiger partial charge in [-0.15, -0.1) is 10.2 Å². The summed E-state index contributed by atoms with van der Waals surface area (Å²) in [5.41, 5.74) is 3.58. The molecule has 0 aliphatic rings. The molecule has 0 aliphatic carbocycles. The second kappa shape index (κ2) is 8.82. The summed E-state index contributed by atoms with van der Waals surface area (Å²) in [6.07, 6.45) is 2.88. The highest BCUT2D eigenvalue weighted by Crippen LogP contribution is 2.26. The van der Waals surface area contributed by atoms with Gasteiger partial charge in [0, 0.05) is 6.42 Å². The van der Waals surface area contributed by atoms with Gasteiger partial charge in [0.05, 0.1) is 22.3 Å². The van der Waals surface area contributed by atoms with Crippen LogP contribution in [-0.4, -0.2) is 29.3 Å². The summed E-state index contributed by atoms with van der Waals surface area (Å²) in [6, 6.07) is 13.6. The monoisotopic (exact) mass is 460 g/mol. The van der Waals surface area contributed by atoms with Gasteiger partial charge in [-0.3, -0.25) is 9.20 Å². The Balaban J connectivity index is 1.61. The van der Waals surface area contributed by atoms with Gasteiger partial charge in [-0.1, -0.05) is 60.1 Å². The van der Waals surface area contributed by atoms with Crippen LogP contribution in [-0.2, 0) is 12.2 Å². The van der Waals surface area contributed by atoms with E-state index in [4.69, 9.17) is 4.52 Å². The number of thioether (sulfide) groups is 1. The Morgan fingerprint density at radius 2 is 1.94 bits per heavy atom. The zero-order valence-corrected chi connectivity index (χ0v) is 19.6. The van der Waals surface area contributed by atoms with Crippen LogP contribution < -0.4 is 5.56 Å². The predicted molar refractivity (Wildman–Crippen MR) is 128 cm³/mol. The molecular weight excluding hydrogens is 436 g/mol. The number of benzene rings is 2. The lowest BCUT2D eigenvalue weighted by atomic mass is 10.1. The zero-order chi connectivity index (χ0) is 22.9. The highest BCUT2D eigenvalue weighted by atomic mass is 32.2. The molecule has 5 rings (SSSR count). The summed E-state index contributed by atoms with van der Waals surface area (Å²) in [7, 11) is 0. The van der Waals surface area contributed by atoms with Gasteiger partial charge in [0.2, 0.25) is 11.7 Å². The molecule has 0 fully saturated rings. The van der Waals surface area contributed by atoms with Gasteiger partial charge in [0.15, 0.2) is 11.0 Å². The molecule has 0 amide bonds. The summed E-state index contributed by atoms with van der Waals surface area (Å²) < 4.78 is 8.92. The Morgan fingerprint density at radius 1 is 1.09 bits per heavy atom. The van der Waals surface area contributed by atoms with E-state index in [9.17, 15) is 4.79 Å². The maximum Gasteiger partial charge on any atom is 0.267 e. The molecule has 3 aromatic heterocycles. The van der Waals surface area contributed by atoms with E-state index in [0.29, 0.717) is 33.8 Å². The number of aromatic nitrogens is 6. The lowest BCUT2D eigenvalue weighted by molar-refractivity contribution is 0.371. The molecule has 5 aromatic rings. The number of fused-ring (bicyclic) bond motifs is 3. The van der Waals surface area contributed by atoms with Gasteiger partial charge in [-0.25, -0.2) is 4.57 Å². The third kappa shape index (κ3) is 3.93. The van der Waals surface area contributed by atoms with Crippen molar-refractivity contribution in [3.05, 3.63) is 75.7 Å². The summed E-state index contributed by atoms with van der Waals surface area (Å²) in [5.74, 6) is 2.25. The van der Waals surface area contributed by atoms with E-state index < -0.39 is 0 Å². The molecule has 0 atom stereocenters. The standard InChI is InChI=1S/C24H24N6O2S/c1-4-5-10-21-25-20(28-32-21)14-33-24-27-26-23-29(18-12-11-15(2)13-16(18)3)22(31)17-8-6-7-9-19(17)30(23)24/h6-9,11-13H,4-5,10,14H2,1-3H3. The van der Waals surface area contributed by atoms with E-state index in [0.717, 1.165) is 41.6 Å². The van der Waals surface area contributed by atoms with Crippen molar-refractivity contribution in [3.8, 4) is 5.69 Å². The maximum atomic E-state index is 13.5. The maximum absolute atomic E-state index is 13.5. The summed E-state index contributed by atoms with van der Waals surface area (Å²) in [6.45, 7) is 6.16. The van der Waals surface area contributed by atoms with Gasteiger partial charge >= 0.3 is 0 Å². The first kappa shape index (κ1) is 21.4. The third-order valence-corrected chi connectivity index (χ3v) is 6.50. The summed E-state index contributed by atoms with van der Waals surface area (Å²) >= 11 is 1.47. The fourth-order valence-electron chi connectivity index (χ4n) is 3.95. The van der Waals surface area contributed by atoms with Crippen LogP contribution >= 0.6 is 11.8 Å². The molecule has 0 bridgehead atoms. The second-order valence-corrected chi connectivity index (χ2v) is 9.00. The van der Waals surface area contributed by atoms with E-state index in [-0.39, 0.29) is 5.56 Å². The van der Waals surface area contributed by atoms with Gasteiger partial charge in [-0.05, 0) is 44.0 Å². The van der Waals surface area contributed by atoms with Crippen molar-refractivity contribution < 1.29 is 4.52 Å². The van der Waals surface area contributed by atoms with Crippen molar-refractivity contribution in [2.75, 3.05) is 0 Å². The third-order valence-electron chi connectivity index (χ3n) is 5.57. The number of rotatable bonds is 7. The fraction of sp³-hybridized carbons (Fsp3) is 0.292. The largest absolute Gasteiger partial charge is 0.339 e. The lowest BCUT2D eigenvalue weighted by Gasteiger charge is -2.13. The van der Waals surface area contributed by atoms with E-state index in [1.807, 2.05) is 54.6 Å². The molecule has 0 saturated carbocycles.